The van der Waals surface area contributed by atoms with Crippen LogP contribution in [-0.4, -0.2) is 10.7 Å². The first kappa shape index (κ1) is 16.1. The highest BCUT2D eigenvalue weighted by molar-refractivity contribution is 6.42. The molecule has 1 N–H and O–H groups in total. The molecule has 2 unspecified atom stereocenters. The molecule has 0 aromatic heterocycles. The number of benzene rings is 1. The van der Waals surface area contributed by atoms with Crippen molar-refractivity contribution in [1.82, 2.24) is 0 Å². The van der Waals surface area contributed by atoms with Crippen molar-refractivity contribution in [2.24, 2.45) is 11.8 Å². The van der Waals surface area contributed by atoms with E-state index in [1.807, 2.05) is 12.1 Å². The molecule has 112 valence electrons. The van der Waals surface area contributed by atoms with Crippen LogP contribution in [0.5, 0.6) is 0 Å². The van der Waals surface area contributed by atoms with Gasteiger partial charge in [0.25, 0.3) is 0 Å². The molecular formula is C17H24Cl2O. The van der Waals surface area contributed by atoms with Gasteiger partial charge in [0.2, 0.25) is 0 Å². The molecule has 0 aliphatic heterocycles. The molecular weight excluding hydrogens is 291 g/mol. The Kier molecular flexibility index (Phi) is 5.39. The van der Waals surface area contributed by atoms with Gasteiger partial charge in [0.15, 0.2) is 0 Å². The maximum atomic E-state index is 10.9. The van der Waals surface area contributed by atoms with E-state index in [4.69, 9.17) is 23.2 Å². The minimum absolute atomic E-state index is 0.572. The van der Waals surface area contributed by atoms with Crippen molar-refractivity contribution < 1.29 is 5.11 Å². The molecule has 1 nitrogen and oxygen atoms in total. The molecule has 2 atom stereocenters. The van der Waals surface area contributed by atoms with E-state index in [2.05, 4.69) is 13.8 Å². The lowest BCUT2D eigenvalue weighted by molar-refractivity contribution is -0.0189. The summed E-state index contributed by atoms with van der Waals surface area (Å²) in [6.45, 7) is 4.50. The second kappa shape index (κ2) is 6.68. The van der Waals surface area contributed by atoms with Crippen LogP contribution in [0.4, 0.5) is 0 Å². The van der Waals surface area contributed by atoms with Gasteiger partial charge in [-0.1, -0.05) is 62.0 Å². The van der Waals surface area contributed by atoms with Gasteiger partial charge in [-0.3, -0.25) is 0 Å². The van der Waals surface area contributed by atoms with Crippen molar-refractivity contribution in [3.8, 4) is 0 Å². The van der Waals surface area contributed by atoms with E-state index >= 15 is 0 Å². The summed E-state index contributed by atoms with van der Waals surface area (Å²) < 4.78 is 0. The van der Waals surface area contributed by atoms with E-state index in [1.54, 1.807) is 6.07 Å². The molecule has 1 saturated carbocycles. The van der Waals surface area contributed by atoms with Gasteiger partial charge in [-0.25, -0.2) is 0 Å². The highest BCUT2D eigenvalue weighted by atomic mass is 35.5. The Morgan fingerprint density at radius 1 is 1.35 bits per heavy atom. The molecule has 20 heavy (non-hydrogen) atoms. The Hall–Kier alpha value is -0.240. The second-order valence-corrected chi connectivity index (χ2v) is 7.49. The average Bonchev–Trinajstić information content (AvgIpc) is 2.34. The Balaban J connectivity index is 2.08. The van der Waals surface area contributed by atoms with Gasteiger partial charge in [0.05, 0.1) is 15.6 Å². The predicted octanol–water partition coefficient (Wildman–Crippen LogP) is 5.50. The average molecular weight is 315 g/mol. The van der Waals surface area contributed by atoms with Crippen molar-refractivity contribution in [3.63, 3.8) is 0 Å². The summed E-state index contributed by atoms with van der Waals surface area (Å²) in [5.74, 6) is 1.32. The van der Waals surface area contributed by atoms with E-state index in [0.29, 0.717) is 28.3 Å². The van der Waals surface area contributed by atoms with E-state index in [1.165, 1.54) is 12.8 Å². The van der Waals surface area contributed by atoms with Crippen LogP contribution in [0, 0.1) is 11.8 Å². The van der Waals surface area contributed by atoms with Crippen LogP contribution in [0.1, 0.15) is 51.5 Å². The fraction of sp³-hybridized carbons (Fsp3) is 0.647. The van der Waals surface area contributed by atoms with E-state index in [0.717, 1.165) is 24.8 Å². The Bertz CT molecular complexity index is 458. The lowest BCUT2D eigenvalue weighted by atomic mass is 9.73. The zero-order chi connectivity index (χ0) is 14.8. The molecule has 1 aliphatic carbocycles. The molecule has 1 aromatic carbocycles. The van der Waals surface area contributed by atoms with E-state index in [9.17, 15) is 5.11 Å². The highest BCUT2D eigenvalue weighted by Crippen LogP contribution is 2.39. The van der Waals surface area contributed by atoms with Gasteiger partial charge < -0.3 is 5.11 Å². The fourth-order valence-electron chi connectivity index (χ4n) is 3.53. The van der Waals surface area contributed by atoms with E-state index in [-0.39, 0.29) is 0 Å². The van der Waals surface area contributed by atoms with Crippen LogP contribution in [0.3, 0.4) is 0 Å². The Morgan fingerprint density at radius 2 is 2.10 bits per heavy atom. The lowest BCUT2D eigenvalue weighted by Gasteiger charge is -2.38. The molecule has 0 amide bonds. The maximum absolute atomic E-state index is 10.9. The number of halogens is 2. The van der Waals surface area contributed by atoms with Gasteiger partial charge >= 0.3 is 0 Å². The van der Waals surface area contributed by atoms with Crippen molar-refractivity contribution in [2.75, 3.05) is 0 Å². The van der Waals surface area contributed by atoms with Crippen LogP contribution < -0.4 is 0 Å². The number of rotatable bonds is 4. The van der Waals surface area contributed by atoms with Crippen LogP contribution >= 0.6 is 23.2 Å². The topological polar surface area (TPSA) is 20.2 Å². The minimum Gasteiger partial charge on any atom is -0.390 e. The first-order valence-corrected chi connectivity index (χ1v) is 8.30. The van der Waals surface area contributed by atoms with Crippen LogP contribution in [0.15, 0.2) is 18.2 Å². The fourth-order valence-corrected chi connectivity index (χ4v) is 3.92. The monoisotopic (exact) mass is 314 g/mol. The van der Waals surface area contributed by atoms with E-state index < -0.39 is 5.60 Å². The van der Waals surface area contributed by atoms with Gasteiger partial charge in [0, 0.05) is 6.42 Å². The third-order valence-electron chi connectivity index (χ3n) is 4.28. The minimum atomic E-state index is -0.619. The standard InChI is InChI=1S/C17H24Cl2O/c1-12(2)9-13-5-4-8-17(20,10-13)11-14-6-3-7-15(18)16(14)19/h3,6-7,12-13,20H,4-5,8-11H2,1-2H3. The molecule has 1 fully saturated rings. The Morgan fingerprint density at radius 3 is 2.80 bits per heavy atom. The Labute approximate surface area is 132 Å². The third kappa shape index (κ3) is 4.13. The third-order valence-corrected chi connectivity index (χ3v) is 5.14. The molecule has 0 bridgehead atoms. The summed E-state index contributed by atoms with van der Waals surface area (Å²) in [6.07, 6.45) is 5.90. The van der Waals surface area contributed by atoms with Gasteiger partial charge in [-0.2, -0.15) is 0 Å². The molecule has 0 heterocycles. The zero-order valence-corrected chi connectivity index (χ0v) is 13.8. The van der Waals surface area contributed by atoms with Crippen LogP contribution in [0.2, 0.25) is 10.0 Å². The molecule has 0 spiro atoms. The zero-order valence-electron chi connectivity index (χ0n) is 12.3. The quantitative estimate of drug-likeness (QED) is 0.777. The largest absolute Gasteiger partial charge is 0.390 e. The van der Waals surface area contributed by atoms with Gasteiger partial charge in [-0.05, 0) is 42.7 Å². The predicted molar refractivity (Wildman–Crippen MR) is 86.5 cm³/mol. The van der Waals surface area contributed by atoms with Gasteiger partial charge in [-0.15, -0.1) is 0 Å². The molecule has 0 radical (unpaired) electrons. The van der Waals surface area contributed by atoms with Crippen molar-refractivity contribution >= 4 is 23.2 Å². The van der Waals surface area contributed by atoms with Crippen LogP contribution in [-0.2, 0) is 6.42 Å². The summed E-state index contributed by atoms with van der Waals surface area (Å²) in [5.41, 5.74) is 0.346. The summed E-state index contributed by atoms with van der Waals surface area (Å²) in [6, 6.07) is 5.67. The summed E-state index contributed by atoms with van der Waals surface area (Å²) in [5, 5.41) is 12.1. The number of aliphatic hydroxyl groups is 1. The maximum Gasteiger partial charge on any atom is 0.0691 e. The first-order valence-electron chi connectivity index (χ1n) is 7.55. The second-order valence-electron chi connectivity index (χ2n) is 6.71. The lowest BCUT2D eigenvalue weighted by Crippen LogP contribution is -2.37. The molecule has 2 rings (SSSR count). The SMILES string of the molecule is CC(C)CC1CCCC(O)(Cc2cccc(Cl)c2Cl)C1. The van der Waals surface area contributed by atoms with Crippen molar-refractivity contribution in [1.29, 1.82) is 0 Å². The number of hydrogen-bond acceptors (Lipinski definition) is 1. The molecule has 3 heteroatoms. The molecule has 0 saturated heterocycles. The summed E-state index contributed by atoms with van der Waals surface area (Å²) in [4.78, 5) is 0. The number of hydrogen-bond donors (Lipinski definition) is 1. The first-order chi connectivity index (χ1) is 9.39. The van der Waals surface area contributed by atoms with Crippen LogP contribution in [0.25, 0.3) is 0 Å². The van der Waals surface area contributed by atoms with Crippen molar-refractivity contribution in [2.45, 2.75) is 58.0 Å². The van der Waals surface area contributed by atoms with Crippen molar-refractivity contribution in [3.05, 3.63) is 33.8 Å². The normalized spacial score (nSPS) is 27.0. The molecule has 1 aliphatic rings. The summed E-state index contributed by atoms with van der Waals surface area (Å²) in [7, 11) is 0. The van der Waals surface area contributed by atoms with Gasteiger partial charge in [0.1, 0.15) is 0 Å². The smallest absolute Gasteiger partial charge is 0.0691 e. The molecule has 1 aromatic rings. The summed E-state index contributed by atoms with van der Waals surface area (Å²) >= 11 is 12.3. The highest BCUT2D eigenvalue weighted by Gasteiger charge is 2.35.